The second-order valence-electron chi connectivity index (χ2n) is 10.1. The highest BCUT2D eigenvalue weighted by molar-refractivity contribution is 6.06. The molecule has 8 nitrogen and oxygen atoms in total. The fraction of sp³-hybridized carbons (Fsp3) is 0.118. The van der Waals surface area contributed by atoms with Gasteiger partial charge in [-0.15, -0.1) is 0 Å². The summed E-state index contributed by atoms with van der Waals surface area (Å²) in [7, 11) is 1.97. The first-order valence-electron chi connectivity index (χ1n) is 13.8. The predicted molar refractivity (Wildman–Crippen MR) is 167 cm³/mol. The first-order valence-corrected chi connectivity index (χ1v) is 13.8. The molecule has 0 aliphatic rings. The fourth-order valence-corrected chi connectivity index (χ4v) is 4.91. The molecule has 0 aliphatic carbocycles. The Kier molecular flexibility index (Phi) is 7.53. The number of carbonyl (C=O) groups excluding carboxylic acids is 1. The molecule has 6 rings (SSSR count). The number of halogens is 1. The van der Waals surface area contributed by atoms with E-state index in [0.29, 0.717) is 46.6 Å². The number of amides is 1. The standard InChI is InChI=1S/C34H29FN6O2/c1-4-43-32-13-10-24(19-37-32)28-20-41(3)31-18-26(11-12-27(28)31)38-33(42)23-9-8-21(2)30(17-23)40-34-36-15-14-29(39-34)22-6-5-7-25(35)16-22/h5-20H,4H2,1-3H3,(H,38,42)(H,36,39,40). The number of fused-ring (bicyclic) bond motifs is 1. The quantitative estimate of drug-likeness (QED) is 0.196. The molecule has 214 valence electrons. The number of benzene rings is 3. The second-order valence-corrected chi connectivity index (χ2v) is 10.1. The number of hydrogen-bond acceptors (Lipinski definition) is 6. The van der Waals surface area contributed by atoms with E-state index in [4.69, 9.17) is 4.74 Å². The molecule has 2 N–H and O–H groups in total. The Morgan fingerprint density at radius 2 is 1.86 bits per heavy atom. The molecule has 0 bridgehead atoms. The van der Waals surface area contributed by atoms with Gasteiger partial charge in [0.05, 0.1) is 17.8 Å². The van der Waals surface area contributed by atoms with Crippen LogP contribution in [0.5, 0.6) is 5.88 Å². The van der Waals surface area contributed by atoms with Crippen molar-refractivity contribution in [2.75, 3.05) is 17.2 Å². The Morgan fingerprint density at radius 1 is 0.977 bits per heavy atom. The lowest BCUT2D eigenvalue weighted by molar-refractivity contribution is 0.102. The van der Waals surface area contributed by atoms with Crippen LogP contribution in [-0.4, -0.2) is 32.0 Å². The number of aryl methyl sites for hydroxylation is 2. The summed E-state index contributed by atoms with van der Waals surface area (Å²) in [6.45, 7) is 4.43. The number of nitrogens with zero attached hydrogens (tertiary/aromatic N) is 4. The van der Waals surface area contributed by atoms with Gasteiger partial charge in [0.1, 0.15) is 5.82 Å². The van der Waals surface area contributed by atoms with Crippen LogP contribution in [0, 0.1) is 12.7 Å². The Hall–Kier alpha value is -5.57. The van der Waals surface area contributed by atoms with Crippen LogP contribution in [0.3, 0.4) is 0 Å². The van der Waals surface area contributed by atoms with Gasteiger partial charge in [-0.3, -0.25) is 4.79 Å². The minimum atomic E-state index is -0.336. The molecule has 43 heavy (non-hydrogen) atoms. The van der Waals surface area contributed by atoms with E-state index < -0.39 is 0 Å². The van der Waals surface area contributed by atoms with Crippen molar-refractivity contribution >= 4 is 34.1 Å². The lowest BCUT2D eigenvalue weighted by atomic mass is 10.1. The Labute approximate surface area is 248 Å². The van der Waals surface area contributed by atoms with Crippen LogP contribution < -0.4 is 15.4 Å². The average Bonchev–Trinajstić information content (AvgIpc) is 3.34. The van der Waals surface area contributed by atoms with Crippen LogP contribution in [0.4, 0.5) is 21.7 Å². The molecule has 0 spiro atoms. The molecule has 6 aromatic rings. The van der Waals surface area contributed by atoms with E-state index in [9.17, 15) is 9.18 Å². The van der Waals surface area contributed by atoms with Crippen molar-refractivity contribution in [2.45, 2.75) is 13.8 Å². The fourth-order valence-electron chi connectivity index (χ4n) is 4.91. The Bertz CT molecular complexity index is 1950. The molecule has 0 fully saturated rings. The highest BCUT2D eigenvalue weighted by Gasteiger charge is 2.14. The number of hydrogen-bond donors (Lipinski definition) is 2. The summed E-state index contributed by atoms with van der Waals surface area (Å²) in [5, 5.41) is 7.27. The number of ether oxygens (including phenoxy) is 1. The molecule has 9 heteroatoms. The van der Waals surface area contributed by atoms with E-state index in [2.05, 4.69) is 31.8 Å². The van der Waals surface area contributed by atoms with Gasteiger partial charge in [-0.2, -0.15) is 0 Å². The van der Waals surface area contributed by atoms with Gasteiger partial charge in [-0.25, -0.2) is 19.3 Å². The topological polar surface area (TPSA) is 94.0 Å². The summed E-state index contributed by atoms with van der Waals surface area (Å²) in [6, 6.07) is 23.1. The van der Waals surface area contributed by atoms with E-state index in [1.807, 2.05) is 61.9 Å². The molecule has 0 saturated carbocycles. The maximum atomic E-state index is 13.7. The number of anilines is 3. The molecule has 0 aliphatic heterocycles. The van der Waals surface area contributed by atoms with Crippen molar-refractivity contribution in [1.29, 1.82) is 0 Å². The second kappa shape index (κ2) is 11.7. The van der Waals surface area contributed by atoms with E-state index >= 15 is 0 Å². The summed E-state index contributed by atoms with van der Waals surface area (Å²) in [5.74, 6) is 0.352. The van der Waals surface area contributed by atoms with Gasteiger partial charge in [0.25, 0.3) is 5.91 Å². The maximum absolute atomic E-state index is 13.7. The van der Waals surface area contributed by atoms with Crippen LogP contribution in [0.25, 0.3) is 33.3 Å². The van der Waals surface area contributed by atoms with Gasteiger partial charge >= 0.3 is 0 Å². The van der Waals surface area contributed by atoms with Gasteiger partial charge in [-0.1, -0.05) is 24.3 Å². The monoisotopic (exact) mass is 572 g/mol. The van der Waals surface area contributed by atoms with E-state index in [0.717, 1.165) is 27.6 Å². The zero-order valence-corrected chi connectivity index (χ0v) is 23.9. The van der Waals surface area contributed by atoms with Crippen molar-refractivity contribution < 1.29 is 13.9 Å². The zero-order chi connectivity index (χ0) is 29.9. The molecule has 3 aromatic carbocycles. The Morgan fingerprint density at radius 3 is 2.65 bits per heavy atom. The van der Waals surface area contributed by atoms with Gasteiger partial charge in [-0.05, 0) is 67.9 Å². The predicted octanol–water partition coefficient (Wildman–Crippen LogP) is 7.54. The summed E-state index contributed by atoms with van der Waals surface area (Å²) < 4.78 is 21.2. The SMILES string of the molecule is CCOc1ccc(-c2cn(C)c3cc(NC(=O)c4ccc(C)c(Nc5nccc(-c6cccc(F)c6)n5)c4)ccc23)cn1. The van der Waals surface area contributed by atoms with Gasteiger partial charge in [0.15, 0.2) is 0 Å². The summed E-state index contributed by atoms with van der Waals surface area (Å²) in [6.07, 6.45) is 5.47. The van der Waals surface area contributed by atoms with Crippen LogP contribution in [-0.2, 0) is 7.05 Å². The lowest BCUT2D eigenvalue weighted by Gasteiger charge is -2.12. The highest BCUT2D eigenvalue weighted by atomic mass is 19.1. The maximum Gasteiger partial charge on any atom is 0.255 e. The van der Waals surface area contributed by atoms with Crippen LogP contribution >= 0.6 is 0 Å². The van der Waals surface area contributed by atoms with Crippen LogP contribution in [0.15, 0.2) is 97.5 Å². The first kappa shape index (κ1) is 27.6. The van der Waals surface area contributed by atoms with Gasteiger partial charge in [0, 0.05) is 70.7 Å². The highest BCUT2D eigenvalue weighted by Crippen LogP contribution is 2.32. The van der Waals surface area contributed by atoms with Crippen molar-refractivity contribution in [3.8, 4) is 28.3 Å². The molecule has 3 aromatic heterocycles. The van der Waals surface area contributed by atoms with E-state index in [1.165, 1.54) is 12.1 Å². The van der Waals surface area contributed by atoms with Gasteiger partial charge < -0.3 is 19.9 Å². The third-order valence-corrected chi connectivity index (χ3v) is 7.11. The first-order chi connectivity index (χ1) is 20.9. The molecule has 0 radical (unpaired) electrons. The number of rotatable bonds is 8. The number of pyridine rings is 1. The van der Waals surface area contributed by atoms with Crippen molar-refractivity contribution in [3.05, 3.63) is 114 Å². The molecule has 0 unspecified atom stereocenters. The molecule has 3 heterocycles. The third kappa shape index (κ3) is 5.92. The molecular weight excluding hydrogens is 543 g/mol. The zero-order valence-electron chi connectivity index (χ0n) is 23.9. The van der Waals surface area contributed by atoms with Crippen molar-refractivity contribution in [2.24, 2.45) is 7.05 Å². The minimum absolute atomic E-state index is 0.248. The summed E-state index contributed by atoms with van der Waals surface area (Å²) in [4.78, 5) is 26.5. The third-order valence-electron chi connectivity index (χ3n) is 7.11. The average molecular weight is 573 g/mol. The Balaban J connectivity index is 1.21. The smallest absolute Gasteiger partial charge is 0.255 e. The van der Waals surface area contributed by atoms with E-state index in [1.54, 1.807) is 42.7 Å². The largest absolute Gasteiger partial charge is 0.478 e. The summed E-state index contributed by atoms with van der Waals surface area (Å²) >= 11 is 0. The van der Waals surface area contributed by atoms with Crippen molar-refractivity contribution in [1.82, 2.24) is 19.5 Å². The number of aromatic nitrogens is 4. The lowest BCUT2D eigenvalue weighted by Crippen LogP contribution is -2.12. The van der Waals surface area contributed by atoms with Crippen LogP contribution in [0.1, 0.15) is 22.8 Å². The molecule has 1 amide bonds. The normalized spacial score (nSPS) is 11.0. The number of nitrogens with one attached hydrogen (secondary N) is 2. The van der Waals surface area contributed by atoms with Crippen molar-refractivity contribution in [3.63, 3.8) is 0 Å². The van der Waals surface area contributed by atoms with Crippen LogP contribution in [0.2, 0.25) is 0 Å². The number of carbonyl (C=O) groups is 1. The van der Waals surface area contributed by atoms with E-state index in [-0.39, 0.29) is 11.7 Å². The molecule has 0 atom stereocenters. The summed E-state index contributed by atoms with van der Waals surface area (Å²) in [5.41, 5.74) is 6.99. The minimum Gasteiger partial charge on any atom is -0.478 e. The van der Waals surface area contributed by atoms with Gasteiger partial charge in [0.2, 0.25) is 11.8 Å². The molecular formula is C34H29FN6O2. The molecule has 0 saturated heterocycles.